The van der Waals surface area contributed by atoms with E-state index in [1.807, 2.05) is 19.9 Å². The van der Waals surface area contributed by atoms with Crippen molar-refractivity contribution >= 4 is 23.1 Å². The number of oxime groups is 1. The Labute approximate surface area is 115 Å². The maximum Gasteiger partial charge on any atom is 0.264 e. The molecule has 0 saturated carbocycles. The van der Waals surface area contributed by atoms with Crippen molar-refractivity contribution in [3.63, 3.8) is 0 Å². The lowest BCUT2D eigenvalue weighted by Crippen LogP contribution is -2.50. The molecular weight excluding hydrogens is 266 g/mol. The number of rotatable bonds is 2. The average molecular weight is 283 g/mol. The van der Waals surface area contributed by atoms with Crippen molar-refractivity contribution in [1.29, 1.82) is 0 Å². The second-order valence-corrected chi connectivity index (χ2v) is 5.74. The highest BCUT2D eigenvalue weighted by Crippen LogP contribution is 2.22. The lowest BCUT2D eigenvalue weighted by molar-refractivity contribution is 0.00699. The number of morpholine rings is 1. The molecule has 0 aromatic carbocycles. The lowest BCUT2D eigenvalue weighted by Gasteiger charge is -2.31. The standard InChI is InChI=1S/C12H17N3O3S/c1-7-5-10(19-8(7)2)12(16)15-3-4-18-9(6-15)11(13)14-17/h5,9,17H,3-4,6H2,1-2H3,(H2,13,14). The number of carbonyl (C=O) groups is 1. The topological polar surface area (TPSA) is 88.2 Å². The van der Waals surface area contributed by atoms with Crippen LogP contribution in [0.15, 0.2) is 11.2 Å². The van der Waals surface area contributed by atoms with E-state index in [0.29, 0.717) is 19.7 Å². The smallest absolute Gasteiger partial charge is 0.264 e. The van der Waals surface area contributed by atoms with E-state index in [4.69, 9.17) is 15.7 Å². The van der Waals surface area contributed by atoms with E-state index >= 15 is 0 Å². The fourth-order valence-electron chi connectivity index (χ4n) is 1.91. The molecule has 0 bridgehead atoms. The molecule has 1 atom stereocenters. The molecule has 104 valence electrons. The van der Waals surface area contributed by atoms with Crippen LogP contribution in [-0.2, 0) is 4.74 Å². The Bertz CT molecular complexity index is 493. The van der Waals surface area contributed by atoms with Crippen LogP contribution in [0.3, 0.4) is 0 Å². The highest BCUT2D eigenvalue weighted by molar-refractivity contribution is 7.14. The van der Waals surface area contributed by atoms with E-state index in [9.17, 15) is 4.79 Å². The van der Waals surface area contributed by atoms with Crippen LogP contribution in [-0.4, -0.2) is 47.7 Å². The Morgan fingerprint density at radius 2 is 2.37 bits per heavy atom. The summed E-state index contributed by atoms with van der Waals surface area (Å²) in [5.74, 6) is -0.0312. The molecule has 0 spiro atoms. The van der Waals surface area contributed by atoms with E-state index in [1.165, 1.54) is 11.3 Å². The van der Waals surface area contributed by atoms with Gasteiger partial charge in [0.1, 0.15) is 6.10 Å². The van der Waals surface area contributed by atoms with Gasteiger partial charge in [-0.3, -0.25) is 4.79 Å². The van der Waals surface area contributed by atoms with Gasteiger partial charge in [-0.2, -0.15) is 0 Å². The van der Waals surface area contributed by atoms with Crippen LogP contribution < -0.4 is 5.73 Å². The minimum atomic E-state index is -0.537. The summed E-state index contributed by atoms with van der Waals surface area (Å²) in [6, 6.07) is 1.90. The Morgan fingerprint density at radius 3 is 2.95 bits per heavy atom. The van der Waals surface area contributed by atoms with Crippen molar-refractivity contribution in [3.8, 4) is 0 Å². The molecule has 1 aliphatic heterocycles. The summed E-state index contributed by atoms with van der Waals surface area (Å²) in [6.07, 6.45) is -0.537. The van der Waals surface area contributed by atoms with Crippen molar-refractivity contribution in [2.75, 3.05) is 19.7 Å². The molecule has 1 amide bonds. The van der Waals surface area contributed by atoms with E-state index in [2.05, 4.69) is 5.16 Å². The number of ether oxygens (including phenoxy) is 1. The second kappa shape index (κ2) is 5.58. The van der Waals surface area contributed by atoms with E-state index in [0.717, 1.165) is 15.3 Å². The molecule has 7 heteroatoms. The molecule has 0 aliphatic carbocycles. The Hall–Kier alpha value is -1.60. The van der Waals surface area contributed by atoms with Crippen LogP contribution in [0.4, 0.5) is 0 Å². The molecule has 1 saturated heterocycles. The fraction of sp³-hybridized carbons (Fsp3) is 0.500. The van der Waals surface area contributed by atoms with Crippen LogP contribution in [0.2, 0.25) is 0 Å². The van der Waals surface area contributed by atoms with Crippen molar-refractivity contribution in [1.82, 2.24) is 4.90 Å². The number of nitrogens with two attached hydrogens (primary N) is 1. The number of aryl methyl sites for hydroxylation is 2. The molecule has 1 aromatic rings. The maximum absolute atomic E-state index is 12.4. The van der Waals surface area contributed by atoms with Crippen LogP contribution in [0, 0.1) is 13.8 Å². The first kappa shape index (κ1) is 13.8. The van der Waals surface area contributed by atoms with Gasteiger partial charge in [0.15, 0.2) is 5.84 Å². The van der Waals surface area contributed by atoms with Gasteiger partial charge in [-0.05, 0) is 25.5 Å². The van der Waals surface area contributed by atoms with Gasteiger partial charge in [-0.1, -0.05) is 5.16 Å². The fourth-order valence-corrected chi connectivity index (χ4v) is 2.91. The summed E-state index contributed by atoms with van der Waals surface area (Å²) >= 11 is 1.49. The van der Waals surface area contributed by atoms with E-state index < -0.39 is 6.10 Å². The monoisotopic (exact) mass is 283 g/mol. The number of amides is 1. The summed E-state index contributed by atoms with van der Waals surface area (Å²) in [5.41, 5.74) is 6.64. The average Bonchev–Trinajstić information content (AvgIpc) is 2.77. The minimum Gasteiger partial charge on any atom is -0.409 e. The number of hydrogen-bond donors (Lipinski definition) is 2. The number of nitrogens with zero attached hydrogens (tertiary/aromatic N) is 2. The van der Waals surface area contributed by atoms with Crippen LogP contribution in [0.1, 0.15) is 20.1 Å². The SMILES string of the molecule is Cc1cc(C(=O)N2CCOC(C(N)=NO)C2)sc1C. The molecule has 6 nitrogen and oxygen atoms in total. The zero-order chi connectivity index (χ0) is 14.0. The molecule has 1 fully saturated rings. The van der Waals surface area contributed by atoms with Gasteiger partial charge in [0.2, 0.25) is 0 Å². The summed E-state index contributed by atoms with van der Waals surface area (Å²) in [6.45, 7) is 5.20. The Morgan fingerprint density at radius 1 is 1.63 bits per heavy atom. The van der Waals surface area contributed by atoms with Crippen molar-refractivity contribution in [2.45, 2.75) is 20.0 Å². The summed E-state index contributed by atoms with van der Waals surface area (Å²) < 4.78 is 5.37. The number of carbonyl (C=O) groups excluding carboxylic acids is 1. The van der Waals surface area contributed by atoms with Crippen LogP contribution >= 0.6 is 11.3 Å². The highest BCUT2D eigenvalue weighted by atomic mass is 32.1. The molecule has 2 heterocycles. The van der Waals surface area contributed by atoms with Gasteiger partial charge < -0.3 is 20.6 Å². The lowest BCUT2D eigenvalue weighted by atomic mass is 10.2. The molecule has 1 aromatic heterocycles. The van der Waals surface area contributed by atoms with Crippen molar-refractivity contribution in [2.24, 2.45) is 10.9 Å². The van der Waals surface area contributed by atoms with E-state index in [1.54, 1.807) is 4.90 Å². The third-order valence-corrected chi connectivity index (χ3v) is 4.32. The first-order valence-electron chi connectivity index (χ1n) is 5.98. The molecule has 3 N–H and O–H groups in total. The molecular formula is C12H17N3O3S. The first-order valence-corrected chi connectivity index (χ1v) is 6.80. The van der Waals surface area contributed by atoms with Gasteiger partial charge >= 0.3 is 0 Å². The number of amidine groups is 1. The van der Waals surface area contributed by atoms with Crippen molar-refractivity contribution < 1.29 is 14.7 Å². The molecule has 1 unspecified atom stereocenters. The Kier molecular flexibility index (Phi) is 4.06. The van der Waals surface area contributed by atoms with Gasteiger partial charge in [0.25, 0.3) is 5.91 Å². The normalized spacial score (nSPS) is 20.6. The summed E-state index contributed by atoms with van der Waals surface area (Å²) in [7, 11) is 0. The predicted molar refractivity (Wildman–Crippen MR) is 72.8 cm³/mol. The minimum absolute atomic E-state index is 0.00367. The van der Waals surface area contributed by atoms with Crippen LogP contribution in [0.25, 0.3) is 0 Å². The summed E-state index contributed by atoms with van der Waals surface area (Å²) in [5, 5.41) is 11.6. The molecule has 1 aliphatic rings. The third kappa shape index (κ3) is 2.87. The Balaban J connectivity index is 2.11. The highest BCUT2D eigenvalue weighted by Gasteiger charge is 2.28. The van der Waals surface area contributed by atoms with Gasteiger partial charge in [0, 0.05) is 11.4 Å². The summed E-state index contributed by atoms with van der Waals surface area (Å²) in [4.78, 5) is 15.9. The maximum atomic E-state index is 12.4. The predicted octanol–water partition coefficient (Wildman–Crippen LogP) is 0.952. The van der Waals surface area contributed by atoms with E-state index in [-0.39, 0.29) is 11.7 Å². The molecule has 2 rings (SSSR count). The van der Waals surface area contributed by atoms with Gasteiger partial charge in [-0.15, -0.1) is 11.3 Å². The first-order chi connectivity index (χ1) is 9.02. The van der Waals surface area contributed by atoms with Crippen LogP contribution in [0.5, 0.6) is 0 Å². The second-order valence-electron chi connectivity index (χ2n) is 4.49. The van der Waals surface area contributed by atoms with Gasteiger partial charge in [-0.25, -0.2) is 0 Å². The number of thiophene rings is 1. The largest absolute Gasteiger partial charge is 0.409 e. The molecule has 0 radical (unpaired) electrons. The van der Waals surface area contributed by atoms with Gasteiger partial charge in [0.05, 0.1) is 18.0 Å². The quantitative estimate of drug-likeness (QED) is 0.366. The number of hydrogen-bond acceptors (Lipinski definition) is 5. The third-order valence-electron chi connectivity index (χ3n) is 3.18. The van der Waals surface area contributed by atoms with Crippen molar-refractivity contribution in [3.05, 3.63) is 21.4 Å². The zero-order valence-electron chi connectivity index (χ0n) is 10.9. The zero-order valence-corrected chi connectivity index (χ0v) is 11.7. The molecule has 19 heavy (non-hydrogen) atoms.